The van der Waals surface area contributed by atoms with Gasteiger partial charge in [0.25, 0.3) is 16.1 Å². The van der Waals surface area contributed by atoms with Crippen molar-refractivity contribution in [3.63, 3.8) is 0 Å². The Hall–Kier alpha value is -3.73. The Kier molecular flexibility index (Phi) is 9.15. The van der Waals surface area contributed by atoms with Gasteiger partial charge in [-0.15, -0.1) is 0 Å². The van der Waals surface area contributed by atoms with E-state index in [0.29, 0.717) is 0 Å². The van der Waals surface area contributed by atoms with Gasteiger partial charge in [0.15, 0.2) is 23.3 Å². The van der Waals surface area contributed by atoms with Crippen molar-refractivity contribution in [3.8, 4) is 0 Å². The van der Waals surface area contributed by atoms with Gasteiger partial charge in [0.1, 0.15) is 6.04 Å². The molecule has 2 fully saturated rings. The van der Waals surface area contributed by atoms with Crippen LogP contribution in [-0.4, -0.2) is 96.6 Å². The van der Waals surface area contributed by atoms with E-state index in [1.165, 1.54) is 20.3 Å². The molecule has 238 valence electrons. The third-order valence-corrected chi connectivity index (χ3v) is 10.0. The number of carbonyl (C=O) groups excluding carboxylic acids is 2. The van der Waals surface area contributed by atoms with Crippen molar-refractivity contribution in [1.82, 2.24) is 28.9 Å². The van der Waals surface area contributed by atoms with Gasteiger partial charge in [-0.25, -0.2) is 27.8 Å². The van der Waals surface area contributed by atoms with Crippen LogP contribution in [0.2, 0.25) is 0 Å². The van der Waals surface area contributed by atoms with Crippen LogP contribution in [-0.2, 0) is 26.4 Å². The molecule has 0 unspecified atom stereocenters. The summed E-state index contributed by atoms with van der Waals surface area (Å²) in [6.45, 7) is -0.364. The van der Waals surface area contributed by atoms with E-state index in [0.717, 1.165) is 9.87 Å². The van der Waals surface area contributed by atoms with Gasteiger partial charge in [-0.2, -0.15) is 17.0 Å². The number of amides is 3. The molecule has 0 radical (unpaired) electrons. The van der Waals surface area contributed by atoms with Crippen LogP contribution in [0.1, 0.15) is 29.9 Å². The second kappa shape index (κ2) is 12.7. The van der Waals surface area contributed by atoms with Gasteiger partial charge in [0.05, 0.1) is 12.1 Å². The highest BCUT2D eigenvalue weighted by molar-refractivity contribution is 7.86. The number of urea groups is 1. The van der Waals surface area contributed by atoms with Crippen LogP contribution in [0, 0.1) is 23.3 Å². The first kappa shape index (κ1) is 31.7. The summed E-state index contributed by atoms with van der Waals surface area (Å²) in [6, 6.07) is 7.33. The van der Waals surface area contributed by atoms with Crippen molar-refractivity contribution < 1.29 is 40.4 Å². The summed E-state index contributed by atoms with van der Waals surface area (Å²) in [6.07, 6.45) is 1.62. The molecule has 2 saturated heterocycles. The Balaban J connectivity index is 1.31. The number of hydrogen-bond acceptors (Lipinski definition) is 5. The van der Waals surface area contributed by atoms with Crippen LogP contribution in [0.4, 0.5) is 22.4 Å². The minimum absolute atomic E-state index is 0.0365. The number of nitrogens with one attached hydrogen (secondary N) is 2. The Bertz CT molecular complexity index is 1650. The lowest BCUT2D eigenvalue weighted by Crippen LogP contribution is -2.64. The van der Waals surface area contributed by atoms with Crippen molar-refractivity contribution in [1.29, 1.82) is 0 Å². The summed E-state index contributed by atoms with van der Waals surface area (Å²) in [5, 5.41) is -0.406. The normalized spacial score (nSPS) is 19.0. The molecule has 3 aromatic rings. The zero-order valence-corrected chi connectivity index (χ0v) is 24.8. The molecular formula is C28H32F4N6O5S. The minimum Gasteiger partial charge on any atom is -0.358 e. The first-order chi connectivity index (χ1) is 20.9. The number of aromatic nitrogens is 1. The Morgan fingerprint density at radius 3 is 2.30 bits per heavy atom. The molecule has 0 spiro atoms. The van der Waals surface area contributed by atoms with E-state index >= 15 is 0 Å². The number of aromatic amines is 1. The molecule has 0 bridgehead atoms. The van der Waals surface area contributed by atoms with Crippen molar-refractivity contribution in [2.24, 2.45) is 0 Å². The van der Waals surface area contributed by atoms with E-state index in [2.05, 4.69) is 10.5 Å². The molecule has 3 heterocycles. The Labute approximate surface area is 251 Å². The van der Waals surface area contributed by atoms with Gasteiger partial charge in [-0.1, -0.05) is 30.3 Å². The Morgan fingerprint density at radius 2 is 1.64 bits per heavy atom. The fraction of sp³-hybridized carbons (Fsp3) is 0.429. The van der Waals surface area contributed by atoms with Crippen molar-refractivity contribution >= 4 is 33.1 Å². The molecule has 2 aromatic carbocycles. The largest absolute Gasteiger partial charge is 0.358 e. The molecule has 0 aliphatic carbocycles. The number of hydroxylamine groups is 1. The lowest BCUT2D eigenvalue weighted by molar-refractivity contribution is -0.140. The summed E-state index contributed by atoms with van der Waals surface area (Å²) in [7, 11) is -1.14. The fourth-order valence-electron chi connectivity index (χ4n) is 5.67. The summed E-state index contributed by atoms with van der Waals surface area (Å²) < 4.78 is 86.6. The Morgan fingerprint density at radius 1 is 0.977 bits per heavy atom. The number of carbonyl (C=O) groups is 2. The maximum absolute atomic E-state index is 14.6. The van der Waals surface area contributed by atoms with Gasteiger partial charge in [-0.05, 0) is 29.9 Å². The number of hydrogen-bond donors (Lipinski definition) is 2. The number of fused-ring (bicyclic) bond motifs is 1. The maximum Gasteiger partial charge on any atom is 0.319 e. The SMILES string of the molecule is CN(C)C(=O)N1CCN(S(=O)(=O)N2CCC(c3c[nH]c4c(F)c(F)c(F)c(F)c34)CC2)[C@@H](C(=O)NOCc2ccccc2)C1. The van der Waals surface area contributed by atoms with Gasteiger partial charge < -0.3 is 14.8 Å². The number of nitrogens with zero attached hydrogens (tertiary/aromatic N) is 4. The van der Waals surface area contributed by atoms with Gasteiger partial charge in [0.2, 0.25) is 0 Å². The molecular weight excluding hydrogens is 608 g/mol. The molecule has 2 aliphatic rings. The molecule has 2 aliphatic heterocycles. The highest BCUT2D eigenvalue weighted by atomic mass is 32.2. The molecule has 11 nitrogen and oxygen atoms in total. The van der Waals surface area contributed by atoms with E-state index in [9.17, 15) is 35.6 Å². The number of piperidine rings is 1. The summed E-state index contributed by atoms with van der Waals surface area (Å²) in [4.78, 5) is 36.5. The standard InChI is InChI=1S/C28H32F4N6O5S/c1-35(2)28(40)36-12-13-38(20(15-36)27(39)34-43-16-17-6-4-3-5-7-17)44(41,42)37-10-8-18(9-11-37)19-14-33-26-21(19)22(29)23(30)24(31)25(26)32/h3-7,14,18,20,33H,8-13,15-16H2,1-2H3,(H,34,39)/t20-/m1/s1. The number of benzene rings is 2. The summed E-state index contributed by atoms with van der Waals surface area (Å²) in [5.74, 6) is -8.11. The van der Waals surface area contributed by atoms with Gasteiger partial charge in [-0.3, -0.25) is 9.63 Å². The number of H-pyrrole nitrogens is 1. The van der Waals surface area contributed by atoms with Crippen molar-refractivity contribution in [2.45, 2.75) is 31.4 Å². The van der Waals surface area contributed by atoms with E-state index < -0.39 is 62.2 Å². The maximum atomic E-state index is 14.6. The average Bonchev–Trinajstić information content (AvgIpc) is 3.48. The second-order valence-corrected chi connectivity index (χ2v) is 12.8. The molecule has 0 saturated carbocycles. The molecule has 44 heavy (non-hydrogen) atoms. The van der Waals surface area contributed by atoms with Crippen LogP contribution in [0.5, 0.6) is 0 Å². The van der Waals surface area contributed by atoms with Crippen LogP contribution >= 0.6 is 0 Å². The van der Waals surface area contributed by atoms with E-state index in [1.54, 1.807) is 38.4 Å². The molecule has 5 rings (SSSR count). The molecule has 1 atom stereocenters. The topological polar surface area (TPSA) is 118 Å². The highest BCUT2D eigenvalue weighted by Crippen LogP contribution is 2.38. The van der Waals surface area contributed by atoms with E-state index in [4.69, 9.17) is 4.84 Å². The lowest BCUT2D eigenvalue weighted by Gasteiger charge is -2.43. The van der Waals surface area contributed by atoms with Crippen molar-refractivity contribution in [3.05, 3.63) is 70.9 Å². The monoisotopic (exact) mass is 640 g/mol. The van der Waals surface area contributed by atoms with Crippen molar-refractivity contribution in [2.75, 3.05) is 46.8 Å². The van der Waals surface area contributed by atoms with Gasteiger partial charge >= 0.3 is 6.03 Å². The third-order valence-electron chi connectivity index (χ3n) is 7.99. The van der Waals surface area contributed by atoms with Crippen LogP contribution in [0.3, 0.4) is 0 Å². The first-order valence-electron chi connectivity index (χ1n) is 13.9. The predicted molar refractivity (Wildman–Crippen MR) is 151 cm³/mol. The van der Waals surface area contributed by atoms with E-state index in [-0.39, 0.29) is 63.8 Å². The zero-order valence-electron chi connectivity index (χ0n) is 24.0. The molecule has 2 N–H and O–H groups in total. The van der Waals surface area contributed by atoms with Crippen LogP contribution in [0.25, 0.3) is 10.9 Å². The number of rotatable bonds is 7. The first-order valence-corrected chi connectivity index (χ1v) is 15.3. The van der Waals surface area contributed by atoms with E-state index in [1.807, 2.05) is 6.07 Å². The van der Waals surface area contributed by atoms with Crippen LogP contribution in [0.15, 0.2) is 36.5 Å². The third kappa shape index (κ3) is 5.98. The minimum atomic E-state index is -4.24. The fourth-order valence-corrected chi connectivity index (χ4v) is 7.44. The number of piperazine rings is 1. The summed E-state index contributed by atoms with van der Waals surface area (Å²) >= 11 is 0. The quantitative estimate of drug-likeness (QED) is 0.178. The lowest BCUT2D eigenvalue weighted by atomic mass is 9.90. The average molecular weight is 641 g/mol. The van der Waals surface area contributed by atoms with Crippen LogP contribution < -0.4 is 5.48 Å². The zero-order chi connectivity index (χ0) is 31.8. The molecule has 1 aromatic heterocycles. The predicted octanol–water partition coefficient (Wildman–Crippen LogP) is 3.06. The molecule has 3 amide bonds. The number of halogens is 4. The highest BCUT2D eigenvalue weighted by Gasteiger charge is 2.44. The second-order valence-electron chi connectivity index (χ2n) is 10.9. The smallest absolute Gasteiger partial charge is 0.319 e. The molecule has 16 heteroatoms. The summed E-state index contributed by atoms with van der Waals surface area (Å²) in [5.41, 5.74) is 2.81. The van der Waals surface area contributed by atoms with Gasteiger partial charge in [0, 0.05) is 58.4 Å².